The van der Waals surface area contributed by atoms with Gasteiger partial charge in [0.1, 0.15) is 0 Å². The second-order valence-electron chi connectivity index (χ2n) is 5.00. The molecule has 0 radical (unpaired) electrons. The van der Waals surface area contributed by atoms with Gasteiger partial charge in [-0.3, -0.25) is 0 Å². The Morgan fingerprint density at radius 3 is 2.44 bits per heavy atom. The Bertz CT molecular complexity index is 829. The first-order valence-corrected chi connectivity index (χ1v) is 8.89. The highest BCUT2D eigenvalue weighted by molar-refractivity contribution is 7.89. The highest BCUT2D eigenvalue weighted by atomic mass is 35.5. The number of methoxy groups -OCH3 is 1. The number of nitrogens with one attached hydrogen (secondary N) is 1. The van der Waals surface area contributed by atoms with Crippen molar-refractivity contribution < 1.29 is 17.9 Å². The first kappa shape index (κ1) is 21.4. The van der Waals surface area contributed by atoms with Crippen molar-refractivity contribution in [1.29, 1.82) is 0 Å². The number of hydrogen-bond acceptors (Lipinski definition) is 5. The first-order valence-electron chi connectivity index (χ1n) is 7.03. The maximum atomic E-state index is 12.3. The number of nitrogens with two attached hydrogens (primary N) is 1. The molecule has 2 rings (SSSR count). The minimum atomic E-state index is -3.80. The summed E-state index contributed by atoms with van der Waals surface area (Å²) in [4.78, 5) is 11.4. The molecule has 0 amide bonds. The number of benzene rings is 2. The number of ether oxygens (including phenoxy) is 1. The van der Waals surface area contributed by atoms with Crippen molar-refractivity contribution in [3.8, 4) is 0 Å². The van der Waals surface area contributed by atoms with Gasteiger partial charge in [-0.1, -0.05) is 41.9 Å². The molecule has 1 atom stereocenters. The summed E-state index contributed by atoms with van der Waals surface area (Å²) in [5.74, 6) is -0.636. The van der Waals surface area contributed by atoms with Crippen LogP contribution < -0.4 is 10.5 Å². The normalized spacial score (nSPS) is 12.1. The van der Waals surface area contributed by atoms with Gasteiger partial charge in [0.2, 0.25) is 10.0 Å². The van der Waals surface area contributed by atoms with Crippen LogP contribution in [-0.4, -0.2) is 28.0 Å². The zero-order chi connectivity index (χ0) is 17.7. The second-order valence-corrected chi connectivity index (χ2v) is 7.18. The van der Waals surface area contributed by atoms with Gasteiger partial charge in [-0.25, -0.2) is 17.9 Å². The van der Waals surface area contributed by atoms with Crippen molar-refractivity contribution in [3.05, 3.63) is 64.7 Å². The van der Waals surface area contributed by atoms with Crippen LogP contribution in [0.25, 0.3) is 0 Å². The van der Waals surface area contributed by atoms with Crippen molar-refractivity contribution in [2.24, 2.45) is 5.73 Å². The topological polar surface area (TPSA) is 98.5 Å². The number of carbonyl (C=O) groups excluding carboxylic acids is 1. The van der Waals surface area contributed by atoms with Crippen molar-refractivity contribution in [2.75, 3.05) is 13.7 Å². The van der Waals surface area contributed by atoms with E-state index in [0.29, 0.717) is 0 Å². The molecule has 2 aromatic carbocycles. The third kappa shape index (κ3) is 5.42. The molecular weight excluding hydrogens is 387 g/mol. The summed E-state index contributed by atoms with van der Waals surface area (Å²) in [6.45, 7) is 0.0305. The summed E-state index contributed by atoms with van der Waals surface area (Å²) in [6.07, 6.45) is 0. The number of sulfonamides is 1. The van der Waals surface area contributed by atoms with Crippen molar-refractivity contribution in [3.63, 3.8) is 0 Å². The van der Waals surface area contributed by atoms with Crippen LogP contribution in [0.4, 0.5) is 0 Å². The number of esters is 1. The molecule has 9 heteroatoms. The van der Waals surface area contributed by atoms with Gasteiger partial charge in [0.05, 0.1) is 22.6 Å². The van der Waals surface area contributed by atoms with Crippen molar-refractivity contribution in [1.82, 2.24) is 4.72 Å². The summed E-state index contributed by atoms with van der Waals surface area (Å²) < 4.78 is 31.7. The molecule has 0 saturated carbocycles. The minimum Gasteiger partial charge on any atom is -0.465 e. The maximum Gasteiger partial charge on any atom is 0.339 e. The summed E-state index contributed by atoms with van der Waals surface area (Å²) >= 11 is 5.95. The summed E-state index contributed by atoms with van der Waals surface area (Å²) in [7, 11) is -2.58. The highest BCUT2D eigenvalue weighted by Crippen LogP contribution is 2.21. The molecule has 2 aromatic rings. The molecular formula is C16H18Cl2N2O4S. The van der Waals surface area contributed by atoms with Crippen molar-refractivity contribution >= 4 is 40.0 Å². The Morgan fingerprint density at radius 2 is 1.88 bits per heavy atom. The third-order valence-electron chi connectivity index (χ3n) is 3.38. The molecule has 0 fully saturated rings. The Hall–Kier alpha value is -1.64. The van der Waals surface area contributed by atoms with Crippen LogP contribution in [0.5, 0.6) is 0 Å². The zero-order valence-electron chi connectivity index (χ0n) is 13.3. The van der Waals surface area contributed by atoms with E-state index in [4.69, 9.17) is 17.3 Å². The lowest BCUT2D eigenvalue weighted by molar-refractivity contribution is 0.0601. The molecule has 6 nitrogen and oxygen atoms in total. The van der Waals surface area contributed by atoms with E-state index in [2.05, 4.69) is 9.46 Å². The van der Waals surface area contributed by atoms with E-state index >= 15 is 0 Å². The number of hydrogen-bond donors (Lipinski definition) is 2. The molecule has 0 aromatic heterocycles. The van der Waals surface area contributed by atoms with E-state index in [-0.39, 0.29) is 34.4 Å². The Morgan fingerprint density at radius 1 is 1.24 bits per heavy atom. The quantitative estimate of drug-likeness (QED) is 0.720. The lowest BCUT2D eigenvalue weighted by Crippen LogP contribution is -2.32. The second kappa shape index (κ2) is 9.17. The monoisotopic (exact) mass is 404 g/mol. The fourth-order valence-corrected chi connectivity index (χ4v) is 3.45. The van der Waals surface area contributed by atoms with E-state index in [0.717, 1.165) is 5.56 Å². The molecule has 0 aliphatic heterocycles. The Balaban J connectivity index is 0.00000312. The average Bonchev–Trinajstić information content (AvgIpc) is 2.59. The van der Waals surface area contributed by atoms with E-state index in [1.54, 1.807) is 0 Å². The molecule has 0 saturated heterocycles. The summed E-state index contributed by atoms with van der Waals surface area (Å²) in [5.41, 5.74) is 6.89. The van der Waals surface area contributed by atoms with E-state index in [9.17, 15) is 13.2 Å². The third-order valence-corrected chi connectivity index (χ3v) is 5.11. The first-order chi connectivity index (χ1) is 11.3. The molecule has 0 heterocycles. The van der Waals surface area contributed by atoms with Crippen molar-refractivity contribution in [2.45, 2.75) is 10.9 Å². The van der Waals surface area contributed by atoms with Gasteiger partial charge in [0.15, 0.2) is 0 Å². The molecule has 3 N–H and O–H groups in total. The van der Waals surface area contributed by atoms with Crippen LogP contribution in [0.1, 0.15) is 22.0 Å². The molecule has 0 bridgehead atoms. The van der Waals surface area contributed by atoms with Gasteiger partial charge in [-0.05, 0) is 23.8 Å². The fraction of sp³-hybridized carbons (Fsp3) is 0.188. The van der Waals surface area contributed by atoms with Gasteiger partial charge in [0.25, 0.3) is 0 Å². The number of rotatable bonds is 6. The van der Waals surface area contributed by atoms with E-state index in [1.165, 1.54) is 25.3 Å². The molecule has 1 unspecified atom stereocenters. The summed E-state index contributed by atoms with van der Waals surface area (Å²) in [5, 5.41) is -0.00270. The number of halogens is 2. The van der Waals surface area contributed by atoms with Crippen LogP contribution in [0.3, 0.4) is 0 Å². The number of carbonyl (C=O) groups is 1. The Kier molecular flexibility index (Phi) is 7.85. The maximum absolute atomic E-state index is 12.3. The predicted octanol–water partition coefficient (Wildman–Crippen LogP) is 2.53. The van der Waals surface area contributed by atoms with Gasteiger partial charge < -0.3 is 10.5 Å². The van der Waals surface area contributed by atoms with Gasteiger partial charge >= 0.3 is 5.97 Å². The molecule has 0 aliphatic rings. The fourth-order valence-electron chi connectivity index (χ4n) is 2.04. The molecule has 0 aliphatic carbocycles. The molecule has 25 heavy (non-hydrogen) atoms. The lowest BCUT2D eigenvalue weighted by atomic mass is 10.1. The predicted molar refractivity (Wildman–Crippen MR) is 98.6 cm³/mol. The highest BCUT2D eigenvalue weighted by Gasteiger charge is 2.19. The van der Waals surface area contributed by atoms with Crippen LogP contribution >= 0.6 is 24.0 Å². The molecule has 0 spiro atoms. The summed E-state index contributed by atoms with van der Waals surface area (Å²) in [6, 6.07) is 12.5. The SMILES string of the molecule is COC(=O)c1ccc(S(=O)(=O)NCC(N)c2ccccc2)cc1Cl.Cl. The van der Waals surface area contributed by atoms with Crippen LogP contribution in [-0.2, 0) is 14.8 Å². The van der Waals surface area contributed by atoms with Gasteiger partial charge in [0, 0.05) is 12.6 Å². The van der Waals surface area contributed by atoms with E-state index < -0.39 is 22.0 Å². The van der Waals surface area contributed by atoms with Gasteiger partial charge in [-0.15, -0.1) is 12.4 Å². The van der Waals surface area contributed by atoms with Gasteiger partial charge in [-0.2, -0.15) is 0 Å². The molecule has 136 valence electrons. The average molecular weight is 405 g/mol. The largest absolute Gasteiger partial charge is 0.465 e. The van der Waals surface area contributed by atoms with Crippen LogP contribution in [0, 0.1) is 0 Å². The smallest absolute Gasteiger partial charge is 0.339 e. The minimum absolute atomic E-state index is 0. The van der Waals surface area contributed by atoms with Crippen LogP contribution in [0.2, 0.25) is 5.02 Å². The lowest BCUT2D eigenvalue weighted by Gasteiger charge is -2.14. The van der Waals surface area contributed by atoms with Crippen LogP contribution in [0.15, 0.2) is 53.4 Å². The zero-order valence-corrected chi connectivity index (χ0v) is 15.7. The standard InChI is InChI=1S/C16H17ClN2O4S.ClH/c1-23-16(20)13-8-7-12(9-14(13)17)24(21,22)19-10-15(18)11-5-3-2-4-6-11;/h2-9,15,19H,10,18H2,1H3;1H. The van der Waals surface area contributed by atoms with E-state index in [1.807, 2.05) is 30.3 Å². The Labute approximate surface area is 157 Å².